The quantitative estimate of drug-likeness (QED) is 0.510. The molecule has 1 unspecified atom stereocenters. The number of nitrogens with zero attached hydrogens (tertiary/aromatic N) is 2. The van der Waals surface area contributed by atoms with E-state index in [1.54, 1.807) is 6.20 Å². The minimum atomic E-state index is -0.567. The van der Waals surface area contributed by atoms with Gasteiger partial charge in [-0.15, -0.1) is 0 Å². The van der Waals surface area contributed by atoms with Crippen LogP contribution >= 0.6 is 0 Å². The number of benzene rings is 2. The second-order valence-electron chi connectivity index (χ2n) is 5.84. The predicted molar refractivity (Wildman–Crippen MR) is 96.3 cm³/mol. The average molecular weight is 344 g/mol. The summed E-state index contributed by atoms with van der Waals surface area (Å²) in [5, 5.41) is 4.81. The Bertz CT molecular complexity index is 974. The molecule has 2 heterocycles. The molecule has 0 fully saturated rings. The summed E-state index contributed by atoms with van der Waals surface area (Å²) in [5.41, 5.74) is 2.76. The molecule has 0 spiro atoms. The van der Waals surface area contributed by atoms with E-state index in [9.17, 15) is 4.79 Å². The molecule has 4 rings (SSSR count). The van der Waals surface area contributed by atoms with Crippen molar-refractivity contribution in [1.29, 1.82) is 0 Å². The Labute approximate surface area is 150 Å². The highest BCUT2D eigenvalue weighted by atomic mass is 16.5. The van der Waals surface area contributed by atoms with E-state index < -0.39 is 6.10 Å². The van der Waals surface area contributed by atoms with Crippen molar-refractivity contribution in [3.63, 3.8) is 0 Å². The minimum absolute atomic E-state index is 0.0349. The first-order chi connectivity index (χ1) is 12.8. The number of fused-ring (bicyclic) bond motifs is 1. The average Bonchev–Trinajstić information content (AvgIpc) is 3.10. The Morgan fingerprint density at radius 1 is 0.962 bits per heavy atom. The molecule has 4 aromatic rings. The van der Waals surface area contributed by atoms with Crippen LogP contribution in [0.3, 0.4) is 0 Å². The molecule has 0 aliphatic carbocycles. The fourth-order valence-corrected chi connectivity index (χ4v) is 2.83. The van der Waals surface area contributed by atoms with Crippen molar-refractivity contribution in [3.05, 3.63) is 95.9 Å². The van der Waals surface area contributed by atoms with Crippen LogP contribution in [0.25, 0.3) is 11.0 Å². The molecule has 2 aromatic carbocycles. The molecule has 2 aromatic heterocycles. The van der Waals surface area contributed by atoms with E-state index in [2.05, 4.69) is 10.1 Å². The maximum atomic E-state index is 12.6. The second-order valence-corrected chi connectivity index (χ2v) is 5.84. The molecular formula is C21H16N2O3. The molecule has 0 saturated heterocycles. The molecule has 0 radical (unpaired) electrons. The third-order valence-corrected chi connectivity index (χ3v) is 4.07. The van der Waals surface area contributed by atoms with Gasteiger partial charge in [0, 0.05) is 11.6 Å². The summed E-state index contributed by atoms with van der Waals surface area (Å²) in [6, 6.07) is 22.5. The van der Waals surface area contributed by atoms with Gasteiger partial charge in [-0.3, -0.25) is 9.78 Å². The van der Waals surface area contributed by atoms with E-state index >= 15 is 0 Å². The first-order valence-corrected chi connectivity index (χ1v) is 8.30. The van der Waals surface area contributed by atoms with Crippen LogP contribution in [0.5, 0.6) is 0 Å². The van der Waals surface area contributed by atoms with Crippen molar-refractivity contribution in [2.75, 3.05) is 0 Å². The van der Waals surface area contributed by atoms with Gasteiger partial charge in [0.15, 0.2) is 11.7 Å². The second kappa shape index (κ2) is 7.19. The number of hydrogen-bond donors (Lipinski definition) is 0. The number of para-hydroxylation sites is 1. The lowest BCUT2D eigenvalue weighted by atomic mass is 10.1. The van der Waals surface area contributed by atoms with Crippen molar-refractivity contribution in [3.8, 4) is 0 Å². The van der Waals surface area contributed by atoms with E-state index in [1.165, 1.54) is 0 Å². The van der Waals surface area contributed by atoms with Crippen LogP contribution in [0.1, 0.15) is 23.1 Å². The first-order valence-electron chi connectivity index (χ1n) is 8.30. The number of esters is 1. The van der Waals surface area contributed by atoms with Crippen molar-refractivity contribution in [2.45, 2.75) is 12.5 Å². The SMILES string of the molecule is O=C(Cc1noc2ccccc12)OC(c1ccccc1)c1ccccn1. The third-order valence-electron chi connectivity index (χ3n) is 4.07. The normalized spacial score (nSPS) is 12.0. The van der Waals surface area contributed by atoms with Crippen LogP contribution in [-0.2, 0) is 16.0 Å². The Morgan fingerprint density at radius 3 is 2.54 bits per heavy atom. The van der Waals surface area contributed by atoms with Gasteiger partial charge in [0.2, 0.25) is 0 Å². The third kappa shape index (κ3) is 3.32. The van der Waals surface area contributed by atoms with E-state index in [0.29, 0.717) is 17.0 Å². The topological polar surface area (TPSA) is 65.2 Å². The molecule has 0 bridgehead atoms. The monoisotopic (exact) mass is 344 g/mol. The number of carbonyl (C=O) groups is 1. The van der Waals surface area contributed by atoms with Gasteiger partial charge < -0.3 is 9.26 Å². The van der Waals surface area contributed by atoms with Gasteiger partial charge in [-0.2, -0.15) is 0 Å². The van der Waals surface area contributed by atoms with Crippen LogP contribution in [0.15, 0.2) is 83.5 Å². The van der Waals surface area contributed by atoms with Crippen LogP contribution in [0.4, 0.5) is 0 Å². The number of pyridine rings is 1. The lowest BCUT2D eigenvalue weighted by Crippen LogP contribution is -2.15. The van der Waals surface area contributed by atoms with Crippen LogP contribution in [0, 0.1) is 0 Å². The largest absolute Gasteiger partial charge is 0.451 e. The Balaban J connectivity index is 1.58. The Kier molecular flexibility index (Phi) is 4.43. The van der Waals surface area contributed by atoms with Crippen molar-refractivity contribution >= 4 is 16.9 Å². The highest BCUT2D eigenvalue weighted by Crippen LogP contribution is 2.25. The van der Waals surface area contributed by atoms with Crippen LogP contribution in [0.2, 0.25) is 0 Å². The summed E-state index contributed by atoms with van der Waals surface area (Å²) in [4.78, 5) is 16.9. The Hall–Kier alpha value is -3.47. The number of aromatic nitrogens is 2. The molecule has 128 valence electrons. The van der Waals surface area contributed by atoms with E-state index in [-0.39, 0.29) is 12.4 Å². The molecule has 5 nitrogen and oxygen atoms in total. The first kappa shape index (κ1) is 16.0. The van der Waals surface area contributed by atoms with Gasteiger partial charge in [-0.25, -0.2) is 0 Å². The zero-order valence-electron chi connectivity index (χ0n) is 13.9. The summed E-state index contributed by atoms with van der Waals surface area (Å²) in [6.07, 6.45) is 1.15. The van der Waals surface area contributed by atoms with E-state index in [1.807, 2.05) is 72.8 Å². The maximum Gasteiger partial charge on any atom is 0.313 e. The standard InChI is InChI=1S/C21H16N2O3/c24-20(14-18-16-10-4-5-12-19(16)26-23-18)25-21(15-8-2-1-3-9-15)17-11-6-7-13-22-17/h1-13,21H,14H2. The van der Waals surface area contributed by atoms with Gasteiger partial charge in [0.25, 0.3) is 0 Å². The zero-order chi connectivity index (χ0) is 17.8. The molecule has 0 N–H and O–H groups in total. The number of rotatable bonds is 5. The summed E-state index contributed by atoms with van der Waals surface area (Å²) in [6.45, 7) is 0. The number of hydrogen-bond acceptors (Lipinski definition) is 5. The molecular weight excluding hydrogens is 328 g/mol. The van der Waals surface area contributed by atoms with E-state index in [4.69, 9.17) is 9.26 Å². The summed E-state index contributed by atoms with van der Waals surface area (Å²) in [5.74, 6) is -0.386. The van der Waals surface area contributed by atoms with Crippen molar-refractivity contribution in [2.24, 2.45) is 0 Å². The van der Waals surface area contributed by atoms with Gasteiger partial charge in [-0.05, 0) is 29.8 Å². The smallest absolute Gasteiger partial charge is 0.313 e. The van der Waals surface area contributed by atoms with Gasteiger partial charge in [-0.1, -0.05) is 53.7 Å². The zero-order valence-corrected chi connectivity index (χ0v) is 13.9. The van der Waals surface area contributed by atoms with Crippen LogP contribution in [-0.4, -0.2) is 16.1 Å². The Morgan fingerprint density at radius 2 is 1.73 bits per heavy atom. The fourth-order valence-electron chi connectivity index (χ4n) is 2.83. The molecule has 0 aliphatic heterocycles. The fraction of sp³-hybridized carbons (Fsp3) is 0.0952. The van der Waals surface area contributed by atoms with Crippen molar-refractivity contribution < 1.29 is 14.1 Å². The minimum Gasteiger partial charge on any atom is -0.451 e. The highest BCUT2D eigenvalue weighted by molar-refractivity contribution is 5.84. The maximum absolute atomic E-state index is 12.6. The molecule has 0 saturated carbocycles. The molecule has 1 atom stereocenters. The summed E-state index contributed by atoms with van der Waals surface area (Å²) in [7, 11) is 0. The highest BCUT2D eigenvalue weighted by Gasteiger charge is 2.21. The lowest BCUT2D eigenvalue weighted by Gasteiger charge is -2.17. The molecule has 5 heteroatoms. The predicted octanol–water partition coefficient (Wildman–Crippen LogP) is 4.10. The summed E-state index contributed by atoms with van der Waals surface area (Å²) >= 11 is 0. The molecule has 0 amide bonds. The lowest BCUT2D eigenvalue weighted by molar-refractivity contribution is -0.147. The van der Waals surface area contributed by atoms with Gasteiger partial charge in [0.05, 0.1) is 12.1 Å². The summed E-state index contributed by atoms with van der Waals surface area (Å²) < 4.78 is 11.0. The van der Waals surface area contributed by atoms with Crippen molar-refractivity contribution in [1.82, 2.24) is 10.1 Å². The number of ether oxygens (including phenoxy) is 1. The van der Waals surface area contributed by atoms with Gasteiger partial charge >= 0.3 is 5.97 Å². The van der Waals surface area contributed by atoms with Crippen LogP contribution < -0.4 is 0 Å². The van der Waals surface area contributed by atoms with Gasteiger partial charge in [0.1, 0.15) is 5.69 Å². The number of carbonyl (C=O) groups excluding carboxylic acids is 1. The molecule has 26 heavy (non-hydrogen) atoms. The molecule has 0 aliphatic rings. The van der Waals surface area contributed by atoms with E-state index in [0.717, 1.165) is 10.9 Å².